The summed E-state index contributed by atoms with van der Waals surface area (Å²) >= 11 is 0. The molecule has 0 amide bonds. The smallest absolute Gasteiger partial charge is 0.0118 e. The van der Waals surface area contributed by atoms with Crippen molar-refractivity contribution in [2.75, 3.05) is 13.6 Å². The summed E-state index contributed by atoms with van der Waals surface area (Å²) in [6.45, 7) is 5.82. The van der Waals surface area contributed by atoms with Crippen molar-refractivity contribution in [2.24, 2.45) is 5.92 Å². The fraction of sp³-hybridized carbons (Fsp3) is 1.00. The molecule has 1 fully saturated rings. The highest BCUT2D eigenvalue weighted by Crippen LogP contribution is 2.28. The second-order valence-electron chi connectivity index (χ2n) is 3.55. The first-order valence-corrected chi connectivity index (χ1v) is 4.46. The van der Waals surface area contributed by atoms with E-state index in [1.165, 1.54) is 25.8 Å². The Kier molecular flexibility index (Phi) is 2.72. The van der Waals surface area contributed by atoms with Gasteiger partial charge in [-0.3, -0.25) is 0 Å². The van der Waals surface area contributed by atoms with Gasteiger partial charge in [-0.25, -0.2) is 0 Å². The van der Waals surface area contributed by atoms with Gasteiger partial charge < -0.3 is 4.90 Å². The van der Waals surface area contributed by atoms with E-state index in [4.69, 9.17) is 0 Å². The molecular formula is C9H19N. The average Bonchev–Trinajstić information content (AvgIpc) is 2.34. The molecule has 0 heterocycles. The molecule has 10 heavy (non-hydrogen) atoms. The summed E-state index contributed by atoms with van der Waals surface area (Å²) in [5.41, 5.74) is 0. The predicted octanol–water partition coefficient (Wildman–Crippen LogP) is 2.13. The molecule has 1 aliphatic carbocycles. The van der Waals surface area contributed by atoms with Crippen molar-refractivity contribution in [2.45, 2.75) is 39.2 Å². The minimum atomic E-state index is 0.880. The fourth-order valence-electron chi connectivity index (χ4n) is 2.02. The number of nitrogens with zero attached hydrogens (tertiary/aromatic N) is 1. The summed E-state index contributed by atoms with van der Waals surface area (Å²) in [5.74, 6) is 0.935. The lowest BCUT2D eigenvalue weighted by molar-refractivity contribution is 0.216. The maximum absolute atomic E-state index is 2.48. The first kappa shape index (κ1) is 8.06. The lowest BCUT2D eigenvalue weighted by Crippen LogP contribution is -2.33. The number of hydrogen-bond donors (Lipinski definition) is 0. The minimum Gasteiger partial charge on any atom is -0.303 e. The third-order valence-electron chi connectivity index (χ3n) is 2.88. The molecule has 0 aromatic heterocycles. The Balaban J connectivity index is 2.38. The Bertz CT molecular complexity index is 101. The molecule has 1 heteroatoms. The highest BCUT2D eigenvalue weighted by atomic mass is 15.1. The van der Waals surface area contributed by atoms with Crippen molar-refractivity contribution in [3.63, 3.8) is 0 Å². The van der Waals surface area contributed by atoms with Crippen LogP contribution in [0.25, 0.3) is 0 Å². The second kappa shape index (κ2) is 3.38. The van der Waals surface area contributed by atoms with Crippen LogP contribution in [0.2, 0.25) is 0 Å². The monoisotopic (exact) mass is 141 g/mol. The van der Waals surface area contributed by atoms with E-state index in [0.717, 1.165) is 12.0 Å². The molecule has 1 aliphatic rings. The molecule has 0 aromatic rings. The van der Waals surface area contributed by atoms with Gasteiger partial charge in [-0.05, 0) is 32.4 Å². The van der Waals surface area contributed by atoms with Crippen molar-refractivity contribution in [1.29, 1.82) is 0 Å². The van der Waals surface area contributed by atoms with E-state index in [9.17, 15) is 0 Å². The fourth-order valence-corrected chi connectivity index (χ4v) is 2.02. The molecule has 60 valence electrons. The molecule has 0 saturated heterocycles. The Hall–Kier alpha value is -0.0400. The highest BCUT2D eigenvalue weighted by Gasteiger charge is 2.25. The zero-order valence-electron chi connectivity index (χ0n) is 7.43. The van der Waals surface area contributed by atoms with E-state index < -0.39 is 0 Å². The Morgan fingerprint density at radius 2 is 2.10 bits per heavy atom. The quantitative estimate of drug-likeness (QED) is 0.569. The van der Waals surface area contributed by atoms with Crippen molar-refractivity contribution >= 4 is 0 Å². The van der Waals surface area contributed by atoms with Crippen molar-refractivity contribution in [3.8, 4) is 0 Å². The molecule has 0 radical (unpaired) electrons. The lowest BCUT2D eigenvalue weighted by atomic mass is 10.1. The molecule has 0 aliphatic heterocycles. The van der Waals surface area contributed by atoms with Crippen LogP contribution in [0.1, 0.15) is 33.1 Å². The van der Waals surface area contributed by atoms with Gasteiger partial charge in [0.1, 0.15) is 0 Å². The van der Waals surface area contributed by atoms with Crippen molar-refractivity contribution < 1.29 is 0 Å². The molecule has 0 bridgehead atoms. The van der Waals surface area contributed by atoms with Gasteiger partial charge in [-0.1, -0.05) is 20.3 Å². The van der Waals surface area contributed by atoms with E-state index in [2.05, 4.69) is 25.8 Å². The SMILES string of the molecule is CCN(C)C1CCCC1C. The maximum Gasteiger partial charge on any atom is 0.0118 e. The summed E-state index contributed by atoms with van der Waals surface area (Å²) < 4.78 is 0. The molecular weight excluding hydrogens is 122 g/mol. The first-order valence-electron chi connectivity index (χ1n) is 4.46. The van der Waals surface area contributed by atoms with Gasteiger partial charge in [0.15, 0.2) is 0 Å². The van der Waals surface area contributed by atoms with Gasteiger partial charge in [0.2, 0.25) is 0 Å². The maximum atomic E-state index is 2.48. The van der Waals surface area contributed by atoms with Crippen molar-refractivity contribution in [1.82, 2.24) is 4.90 Å². The van der Waals surface area contributed by atoms with Crippen LogP contribution >= 0.6 is 0 Å². The molecule has 0 spiro atoms. The zero-order chi connectivity index (χ0) is 7.56. The third kappa shape index (κ3) is 1.51. The standard InChI is InChI=1S/C9H19N/c1-4-10(3)9-7-5-6-8(9)2/h8-9H,4-7H2,1-3H3. The van der Waals surface area contributed by atoms with E-state index in [0.29, 0.717) is 0 Å². The molecule has 0 aromatic carbocycles. The van der Waals surface area contributed by atoms with Gasteiger partial charge in [0.05, 0.1) is 0 Å². The van der Waals surface area contributed by atoms with Crippen LogP contribution in [0.15, 0.2) is 0 Å². The van der Waals surface area contributed by atoms with Gasteiger partial charge in [-0.15, -0.1) is 0 Å². The third-order valence-corrected chi connectivity index (χ3v) is 2.88. The molecule has 1 nitrogen and oxygen atoms in total. The van der Waals surface area contributed by atoms with Gasteiger partial charge in [0.25, 0.3) is 0 Å². The first-order chi connectivity index (χ1) is 4.75. The van der Waals surface area contributed by atoms with Gasteiger partial charge in [-0.2, -0.15) is 0 Å². The molecule has 1 rings (SSSR count). The van der Waals surface area contributed by atoms with Crippen LogP contribution in [0.4, 0.5) is 0 Å². The van der Waals surface area contributed by atoms with E-state index in [1.807, 2.05) is 0 Å². The molecule has 2 unspecified atom stereocenters. The zero-order valence-corrected chi connectivity index (χ0v) is 7.43. The van der Waals surface area contributed by atoms with Crippen LogP contribution in [0.3, 0.4) is 0 Å². The van der Waals surface area contributed by atoms with Gasteiger partial charge >= 0.3 is 0 Å². The predicted molar refractivity (Wildman–Crippen MR) is 45.1 cm³/mol. The van der Waals surface area contributed by atoms with Crippen LogP contribution in [-0.2, 0) is 0 Å². The summed E-state index contributed by atoms with van der Waals surface area (Å²) in [5, 5.41) is 0. The Morgan fingerprint density at radius 3 is 2.50 bits per heavy atom. The normalized spacial score (nSPS) is 33.6. The lowest BCUT2D eigenvalue weighted by Gasteiger charge is -2.26. The van der Waals surface area contributed by atoms with Crippen molar-refractivity contribution in [3.05, 3.63) is 0 Å². The average molecular weight is 141 g/mol. The van der Waals surface area contributed by atoms with Crippen LogP contribution in [0.5, 0.6) is 0 Å². The van der Waals surface area contributed by atoms with Gasteiger partial charge in [0, 0.05) is 6.04 Å². The highest BCUT2D eigenvalue weighted by molar-refractivity contribution is 4.80. The van der Waals surface area contributed by atoms with E-state index in [-0.39, 0.29) is 0 Å². The Morgan fingerprint density at radius 1 is 1.40 bits per heavy atom. The number of rotatable bonds is 2. The number of hydrogen-bond acceptors (Lipinski definition) is 1. The topological polar surface area (TPSA) is 3.24 Å². The van der Waals surface area contributed by atoms with Crippen LogP contribution in [0, 0.1) is 5.92 Å². The van der Waals surface area contributed by atoms with Crippen LogP contribution < -0.4 is 0 Å². The van der Waals surface area contributed by atoms with Crippen LogP contribution in [-0.4, -0.2) is 24.5 Å². The summed E-state index contributed by atoms with van der Waals surface area (Å²) in [6.07, 6.45) is 4.30. The molecule has 0 N–H and O–H groups in total. The largest absolute Gasteiger partial charge is 0.303 e. The van der Waals surface area contributed by atoms with E-state index >= 15 is 0 Å². The molecule has 1 saturated carbocycles. The molecule has 2 atom stereocenters. The summed E-state index contributed by atoms with van der Waals surface area (Å²) in [6, 6.07) is 0.880. The van der Waals surface area contributed by atoms with E-state index in [1.54, 1.807) is 0 Å². The Labute approximate surface area is 64.4 Å². The second-order valence-corrected chi connectivity index (χ2v) is 3.55. The summed E-state index contributed by atoms with van der Waals surface area (Å²) in [7, 11) is 2.24. The minimum absolute atomic E-state index is 0.880. The summed E-state index contributed by atoms with van der Waals surface area (Å²) in [4.78, 5) is 2.48.